The Kier molecular flexibility index (Phi) is 6.16. The number of anilines is 1. The fourth-order valence-electron chi connectivity index (χ4n) is 1.96. The van der Waals surface area contributed by atoms with Crippen LogP contribution in [0.25, 0.3) is 0 Å². The van der Waals surface area contributed by atoms with Gasteiger partial charge in [0, 0.05) is 19.0 Å². The zero-order chi connectivity index (χ0) is 14.4. The molecule has 1 aromatic rings. The summed E-state index contributed by atoms with van der Waals surface area (Å²) in [6.07, 6.45) is 3.06. The minimum atomic E-state index is 0.00668. The molecule has 1 amide bonds. The van der Waals surface area contributed by atoms with E-state index in [1.807, 2.05) is 6.92 Å². The standard InChI is InChI=1S/C15H22ClNO2/c1-5-6-7-11(2)15(18)17(3)14-10-12(19-4)8-9-13(14)16/h8-11H,5-7H2,1-4H3. The molecule has 0 fully saturated rings. The highest BCUT2D eigenvalue weighted by atomic mass is 35.5. The number of unbranched alkanes of at least 4 members (excludes halogenated alkanes) is 1. The number of benzene rings is 1. The van der Waals surface area contributed by atoms with Gasteiger partial charge in [0.1, 0.15) is 5.75 Å². The van der Waals surface area contributed by atoms with Gasteiger partial charge in [0.2, 0.25) is 5.91 Å². The van der Waals surface area contributed by atoms with Crippen molar-refractivity contribution in [2.75, 3.05) is 19.1 Å². The van der Waals surface area contributed by atoms with Gasteiger partial charge in [0.15, 0.2) is 0 Å². The summed E-state index contributed by atoms with van der Waals surface area (Å²) in [5.41, 5.74) is 0.689. The summed E-state index contributed by atoms with van der Waals surface area (Å²) >= 11 is 6.15. The van der Waals surface area contributed by atoms with E-state index in [-0.39, 0.29) is 11.8 Å². The van der Waals surface area contributed by atoms with Crippen molar-refractivity contribution in [3.63, 3.8) is 0 Å². The molecular formula is C15H22ClNO2. The Morgan fingerprint density at radius 1 is 1.47 bits per heavy atom. The van der Waals surface area contributed by atoms with Crippen LogP contribution in [-0.4, -0.2) is 20.1 Å². The van der Waals surface area contributed by atoms with E-state index in [9.17, 15) is 4.79 Å². The SMILES string of the molecule is CCCCC(C)C(=O)N(C)c1cc(OC)ccc1Cl. The molecule has 106 valence electrons. The summed E-state index contributed by atoms with van der Waals surface area (Å²) < 4.78 is 5.17. The Hall–Kier alpha value is -1.22. The maximum atomic E-state index is 12.3. The van der Waals surface area contributed by atoms with Crippen LogP contribution in [0.3, 0.4) is 0 Å². The molecule has 0 saturated heterocycles. The average molecular weight is 284 g/mol. The number of amides is 1. The van der Waals surface area contributed by atoms with E-state index in [2.05, 4.69) is 6.92 Å². The summed E-state index contributed by atoms with van der Waals surface area (Å²) in [4.78, 5) is 13.9. The van der Waals surface area contributed by atoms with Crippen molar-refractivity contribution in [3.05, 3.63) is 23.2 Å². The van der Waals surface area contributed by atoms with Gasteiger partial charge in [-0.2, -0.15) is 0 Å². The molecule has 1 atom stereocenters. The Bertz CT molecular complexity index is 434. The summed E-state index contributed by atoms with van der Waals surface area (Å²) in [6, 6.07) is 5.31. The van der Waals surface area contributed by atoms with Gasteiger partial charge < -0.3 is 9.64 Å². The largest absolute Gasteiger partial charge is 0.497 e. The predicted octanol–water partition coefficient (Wildman–Crippen LogP) is 4.14. The molecule has 0 heterocycles. The first-order chi connectivity index (χ1) is 9.01. The summed E-state index contributed by atoms with van der Waals surface area (Å²) in [6.45, 7) is 4.09. The molecule has 19 heavy (non-hydrogen) atoms. The molecule has 0 spiro atoms. The highest BCUT2D eigenvalue weighted by Gasteiger charge is 2.20. The van der Waals surface area contributed by atoms with Crippen molar-refractivity contribution in [1.82, 2.24) is 0 Å². The second-order valence-electron chi connectivity index (χ2n) is 4.76. The van der Waals surface area contributed by atoms with Gasteiger partial charge in [-0.05, 0) is 18.6 Å². The molecule has 1 aromatic carbocycles. The van der Waals surface area contributed by atoms with Crippen molar-refractivity contribution in [3.8, 4) is 5.75 Å². The smallest absolute Gasteiger partial charge is 0.229 e. The van der Waals surface area contributed by atoms with E-state index in [1.165, 1.54) is 0 Å². The van der Waals surface area contributed by atoms with E-state index in [0.717, 1.165) is 19.3 Å². The lowest BCUT2D eigenvalue weighted by molar-refractivity contribution is -0.121. The maximum absolute atomic E-state index is 12.3. The van der Waals surface area contributed by atoms with Crippen molar-refractivity contribution in [1.29, 1.82) is 0 Å². The number of halogens is 1. The Morgan fingerprint density at radius 3 is 2.74 bits per heavy atom. The van der Waals surface area contributed by atoms with Crippen molar-refractivity contribution in [2.45, 2.75) is 33.1 Å². The topological polar surface area (TPSA) is 29.5 Å². The lowest BCUT2D eigenvalue weighted by Crippen LogP contribution is -2.31. The van der Waals surface area contributed by atoms with Gasteiger partial charge in [0.05, 0.1) is 17.8 Å². The molecule has 0 bridgehead atoms. The predicted molar refractivity (Wildman–Crippen MR) is 80.1 cm³/mol. The minimum Gasteiger partial charge on any atom is -0.497 e. The molecule has 0 aliphatic heterocycles. The van der Waals surface area contributed by atoms with Crippen LogP contribution >= 0.6 is 11.6 Å². The number of carbonyl (C=O) groups excluding carboxylic acids is 1. The first-order valence-corrected chi connectivity index (χ1v) is 7.00. The number of carbonyl (C=O) groups is 1. The van der Waals surface area contributed by atoms with Crippen LogP contribution in [0.2, 0.25) is 5.02 Å². The third-order valence-electron chi connectivity index (χ3n) is 3.26. The van der Waals surface area contributed by atoms with E-state index < -0.39 is 0 Å². The number of nitrogens with zero attached hydrogens (tertiary/aromatic N) is 1. The molecule has 4 heteroatoms. The normalized spacial score (nSPS) is 12.1. The molecular weight excluding hydrogens is 262 g/mol. The second kappa shape index (κ2) is 7.39. The number of methoxy groups -OCH3 is 1. The zero-order valence-corrected chi connectivity index (χ0v) is 12.8. The molecule has 0 N–H and O–H groups in total. The van der Waals surface area contributed by atoms with Crippen LogP contribution in [0.5, 0.6) is 5.75 Å². The summed E-state index contributed by atoms with van der Waals surface area (Å²) in [7, 11) is 3.35. The zero-order valence-electron chi connectivity index (χ0n) is 12.1. The van der Waals surface area contributed by atoms with Gasteiger partial charge in [0.25, 0.3) is 0 Å². The van der Waals surface area contributed by atoms with Gasteiger partial charge in [-0.3, -0.25) is 4.79 Å². The van der Waals surface area contributed by atoms with Crippen LogP contribution in [0.15, 0.2) is 18.2 Å². The lowest BCUT2D eigenvalue weighted by Gasteiger charge is -2.23. The molecule has 0 saturated carbocycles. The van der Waals surface area contributed by atoms with Crippen molar-refractivity contribution >= 4 is 23.2 Å². The first-order valence-electron chi connectivity index (χ1n) is 6.62. The maximum Gasteiger partial charge on any atom is 0.229 e. The van der Waals surface area contributed by atoms with E-state index in [0.29, 0.717) is 16.5 Å². The van der Waals surface area contributed by atoms with Crippen molar-refractivity contribution < 1.29 is 9.53 Å². The number of hydrogen-bond acceptors (Lipinski definition) is 2. The van der Waals surface area contributed by atoms with E-state index in [1.54, 1.807) is 37.3 Å². The summed E-state index contributed by atoms with van der Waals surface area (Å²) in [5, 5.41) is 0.555. The van der Waals surface area contributed by atoms with Crippen LogP contribution in [0.1, 0.15) is 33.1 Å². The van der Waals surface area contributed by atoms with Crippen LogP contribution in [0, 0.1) is 5.92 Å². The van der Waals surface area contributed by atoms with Crippen LogP contribution in [0.4, 0.5) is 5.69 Å². The third kappa shape index (κ3) is 4.13. The quantitative estimate of drug-likeness (QED) is 0.785. The lowest BCUT2D eigenvalue weighted by atomic mass is 10.0. The van der Waals surface area contributed by atoms with E-state index in [4.69, 9.17) is 16.3 Å². The van der Waals surface area contributed by atoms with Crippen molar-refractivity contribution in [2.24, 2.45) is 5.92 Å². The average Bonchev–Trinajstić information content (AvgIpc) is 2.43. The van der Waals surface area contributed by atoms with Gasteiger partial charge in [-0.1, -0.05) is 38.3 Å². The summed E-state index contributed by atoms with van der Waals surface area (Å²) in [5.74, 6) is 0.788. The first kappa shape index (κ1) is 15.8. The Labute approximate surface area is 120 Å². The number of hydrogen-bond donors (Lipinski definition) is 0. The molecule has 1 rings (SSSR count). The minimum absolute atomic E-state index is 0.00668. The molecule has 0 aliphatic rings. The molecule has 0 aliphatic carbocycles. The molecule has 0 radical (unpaired) electrons. The molecule has 3 nitrogen and oxygen atoms in total. The third-order valence-corrected chi connectivity index (χ3v) is 3.58. The van der Waals surface area contributed by atoms with Crippen LogP contribution < -0.4 is 9.64 Å². The van der Waals surface area contributed by atoms with Gasteiger partial charge in [-0.15, -0.1) is 0 Å². The highest BCUT2D eigenvalue weighted by Crippen LogP contribution is 2.30. The Balaban J connectivity index is 2.86. The Morgan fingerprint density at radius 2 is 2.16 bits per heavy atom. The van der Waals surface area contributed by atoms with Gasteiger partial charge in [-0.25, -0.2) is 0 Å². The fourth-order valence-corrected chi connectivity index (χ4v) is 2.20. The monoisotopic (exact) mass is 283 g/mol. The van der Waals surface area contributed by atoms with Crippen LogP contribution in [-0.2, 0) is 4.79 Å². The number of ether oxygens (including phenoxy) is 1. The number of rotatable bonds is 6. The van der Waals surface area contributed by atoms with E-state index >= 15 is 0 Å². The highest BCUT2D eigenvalue weighted by molar-refractivity contribution is 6.33. The molecule has 1 unspecified atom stereocenters. The molecule has 0 aromatic heterocycles. The second-order valence-corrected chi connectivity index (χ2v) is 5.17. The fraction of sp³-hybridized carbons (Fsp3) is 0.533. The van der Waals surface area contributed by atoms with Gasteiger partial charge >= 0.3 is 0 Å².